The Hall–Kier alpha value is -2.82. The number of hydrogen-bond donors (Lipinski definition) is 2. The van der Waals surface area contributed by atoms with Crippen molar-refractivity contribution < 1.29 is 4.79 Å². The molecule has 1 aliphatic rings. The van der Waals surface area contributed by atoms with Crippen molar-refractivity contribution in [2.24, 2.45) is 0 Å². The van der Waals surface area contributed by atoms with Gasteiger partial charge in [0.05, 0.1) is 11.0 Å². The fourth-order valence-corrected chi connectivity index (χ4v) is 3.71. The summed E-state index contributed by atoms with van der Waals surface area (Å²) in [5.41, 5.74) is 6.62. The average Bonchev–Trinajstić information content (AvgIpc) is 3.07. The number of benzene rings is 2. The zero-order valence-electron chi connectivity index (χ0n) is 16.2. The normalized spacial score (nSPS) is 17.3. The molecule has 1 fully saturated rings. The van der Waals surface area contributed by atoms with Crippen LogP contribution >= 0.6 is 0 Å². The van der Waals surface area contributed by atoms with Crippen LogP contribution in [0.5, 0.6) is 0 Å². The molecule has 1 aromatic heterocycles. The molecule has 1 saturated heterocycles. The summed E-state index contributed by atoms with van der Waals surface area (Å²) in [5, 5.41) is 3.01. The smallest absolute Gasteiger partial charge is 0.321 e. The van der Waals surface area contributed by atoms with E-state index in [4.69, 9.17) is 4.98 Å². The Morgan fingerprint density at radius 3 is 2.67 bits per heavy atom. The van der Waals surface area contributed by atoms with Gasteiger partial charge in [0.2, 0.25) is 0 Å². The number of carbonyl (C=O) groups is 1. The molecule has 4 rings (SSSR count). The maximum atomic E-state index is 12.7. The van der Waals surface area contributed by atoms with Gasteiger partial charge in [-0.05, 0) is 69.0 Å². The second-order valence-electron chi connectivity index (χ2n) is 7.66. The molecule has 2 heterocycles. The first kappa shape index (κ1) is 17.6. The van der Waals surface area contributed by atoms with Crippen molar-refractivity contribution in [2.45, 2.75) is 39.5 Å². The number of fused-ring (bicyclic) bond motifs is 1. The van der Waals surface area contributed by atoms with Crippen LogP contribution in [0.2, 0.25) is 0 Å². The van der Waals surface area contributed by atoms with Gasteiger partial charge in [-0.2, -0.15) is 0 Å². The van der Waals surface area contributed by atoms with Gasteiger partial charge in [0.15, 0.2) is 0 Å². The molecule has 0 saturated carbocycles. The molecule has 140 valence electrons. The Kier molecular flexibility index (Phi) is 4.60. The summed E-state index contributed by atoms with van der Waals surface area (Å²) in [6, 6.07) is 12.2. The summed E-state index contributed by atoms with van der Waals surface area (Å²) in [7, 11) is 0. The summed E-state index contributed by atoms with van der Waals surface area (Å²) in [5.74, 6) is 1.23. The van der Waals surface area contributed by atoms with Crippen LogP contribution in [0.15, 0.2) is 36.4 Å². The van der Waals surface area contributed by atoms with E-state index in [0.717, 1.165) is 41.9 Å². The van der Waals surface area contributed by atoms with E-state index in [9.17, 15) is 4.79 Å². The van der Waals surface area contributed by atoms with E-state index in [1.807, 2.05) is 36.1 Å². The number of likely N-dealkylation sites (tertiary alicyclic amines) is 1. The molecule has 3 aromatic rings. The van der Waals surface area contributed by atoms with Gasteiger partial charge in [-0.15, -0.1) is 0 Å². The van der Waals surface area contributed by atoms with Crippen LogP contribution < -0.4 is 5.32 Å². The number of aromatic amines is 1. The third kappa shape index (κ3) is 3.68. The summed E-state index contributed by atoms with van der Waals surface area (Å²) in [6.45, 7) is 7.74. The van der Waals surface area contributed by atoms with Crippen LogP contribution in [0.4, 0.5) is 10.5 Å². The molecule has 0 radical (unpaired) electrons. The van der Waals surface area contributed by atoms with Gasteiger partial charge in [0, 0.05) is 24.7 Å². The number of rotatable bonds is 2. The highest BCUT2D eigenvalue weighted by molar-refractivity contribution is 5.89. The number of imidazole rings is 1. The third-order valence-corrected chi connectivity index (χ3v) is 5.51. The zero-order chi connectivity index (χ0) is 19.0. The van der Waals surface area contributed by atoms with Crippen LogP contribution in [0.25, 0.3) is 11.0 Å². The highest BCUT2D eigenvalue weighted by atomic mass is 16.2. The number of aryl methyl sites for hydroxylation is 3. The molecule has 2 N–H and O–H groups in total. The number of aromatic nitrogens is 2. The summed E-state index contributed by atoms with van der Waals surface area (Å²) in [6.07, 6.45) is 2.03. The number of urea groups is 1. The standard InChI is InChI=1S/C22H26N4O/c1-14-6-8-18(9-7-14)23-22(27)26-10-4-5-17(13-26)21-24-19-11-15(2)16(3)12-20(19)25-21/h6-9,11-12,17H,4-5,10,13H2,1-3H3,(H,23,27)(H,24,25)/t17-/m1/s1. The van der Waals surface area contributed by atoms with E-state index in [-0.39, 0.29) is 11.9 Å². The molecule has 2 aromatic carbocycles. The van der Waals surface area contributed by atoms with Crippen molar-refractivity contribution in [3.63, 3.8) is 0 Å². The van der Waals surface area contributed by atoms with E-state index in [2.05, 4.69) is 36.3 Å². The monoisotopic (exact) mass is 362 g/mol. The third-order valence-electron chi connectivity index (χ3n) is 5.51. The Morgan fingerprint density at radius 2 is 1.89 bits per heavy atom. The number of anilines is 1. The quantitative estimate of drug-likeness (QED) is 0.681. The van der Waals surface area contributed by atoms with Crippen LogP contribution in [-0.4, -0.2) is 34.0 Å². The Labute approximate surface area is 159 Å². The van der Waals surface area contributed by atoms with Gasteiger partial charge in [0.25, 0.3) is 0 Å². The SMILES string of the molecule is Cc1ccc(NC(=O)N2CCC[C@@H](c3nc4cc(C)c(C)cc4[nH]3)C2)cc1. The molecule has 27 heavy (non-hydrogen) atoms. The van der Waals surface area contributed by atoms with Crippen LogP contribution in [0.1, 0.15) is 41.3 Å². The largest absolute Gasteiger partial charge is 0.342 e. The fraction of sp³-hybridized carbons (Fsp3) is 0.364. The summed E-state index contributed by atoms with van der Waals surface area (Å²) < 4.78 is 0. The molecule has 0 aliphatic carbocycles. The molecule has 5 heteroatoms. The number of H-pyrrole nitrogens is 1. The van der Waals surface area contributed by atoms with Gasteiger partial charge in [0.1, 0.15) is 5.82 Å². The summed E-state index contributed by atoms with van der Waals surface area (Å²) >= 11 is 0. The lowest BCUT2D eigenvalue weighted by Crippen LogP contribution is -2.41. The minimum atomic E-state index is -0.0358. The number of nitrogens with zero attached hydrogens (tertiary/aromatic N) is 2. The van der Waals surface area contributed by atoms with E-state index in [0.29, 0.717) is 6.54 Å². The summed E-state index contributed by atoms with van der Waals surface area (Å²) in [4.78, 5) is 22.9. The van der Waals surface area contributed by atoms with Crippen LogP contribution in [-0.2, 0) is 0 Å². The van der Waals surface area contributed by atoms with Crippen molar-refractivity contribution in [2.75, 3.05) is 18.4 Å². The number of nitrogens with one attached hydrogen (secondary N) is 2. The highest BCUT2D eigenvalue weighted by Gasteiger charge is 2.27. The molecule has 0 unspecified atom stereocenters. The number of amides is 2. The predicted molar refractivity (Wildman–Crippen MR) is 109 cm³/mol. The first-order chi connectivity index (χ1) is 13.0. The minimum Gasteiger partial charge on any atom is -0.342 e. The number of carbonyl (C=O) groups excluding carboxylic acids is 1. The molecular weight excluding hydrogens is 336 g/mol. The predicted octanol–water partition coefficient (Wildman–Crippen LogP) is 4.90. The highest BCUT2D eigenvalue weighted by Crippen LogP contribution is 2.28. The van der Waals surface area contributed by atoms with Crippen molar-refractivity contribution >= 4 is 22.8 Å². The molecule has 0 spiro atoms. The first-order valence-electron chi connectivity index (χ1n) is 9.59. The van der Waals surface area contributed by atoms with Crippen molar-refractivity contribution in [1.29, 1.82) is 0 Å². The topological polar surface area (TPSA) is 61.0 Å². The van der Waals surface area contributed by atoms with Crippen LogP contribution in [0, 0.1) is 20.8 Å². The van der Waals surface area contributed by atoms with Gasteiger partial charge in [-0.1, -0.05) is 17.7 Å². The second kappa shape index (κ2) is 7.06. The lowest BCUT2D eigenvalue weighted by Gasteiger charge is -2.31. The second-order valence-corrected chi connectivity index (χ2v) is 7.66. The first-order valence-corrected chi connectivity index (χ1v) is 9.59. The molecule has 2 amide bonds. The molecule has 1 atom stereocenters. The number of piperidine rings is 1. The maximum absolute atomic E-state index is 12.7. The molecule has 1 aliphatic heterocycles. The maximum Gasteiger partial charge on any atom is 0.321 e. The van der Waals surface area contributed by atoms with E-state index < -0.39 is 0 Å². The van der Waals surface area contributed by atoms with Crippen molar-refractivity contribution in [3.05, 3.63) is 58.9 Å². The van der Waals surface area contributed by atoms with Gasteiger partial charge >= 0.3 is 6.03 Å². The van der Waals surface area contributed by atoms with Gasteiger partial charge in [-0.3, -0.25) is 0 Å². The van der Waals surface area contributed by atoms with Gasteiger partial charge < -0.3 is 15.2 Å². The van der Waals surface area contributed by atoms with Crippen LogP contribution in [0.3, 0.4) is 0 Å². The average molecular weight is 362 g/mol. The Bertz CT molecular complexity index is 935. The lowest BCUT2D eigenvalue weighted by atomic mass is 9.97. The van der Waals surface area contributed by atoms with E-state index in [1.54, 1.807) is 0 Å². The zero-order valence-corrected chi connectivity index (χ0v) is 16.2. The Morgan fingerprint density at radius 1 is 1.15 bits per heavy atom. The van der Waals surface area contributed by atoms with Gasteiger partial charge in [-0.25, -0.2) is 9.78 Å². The van der Waals surface area contributed by atoms with E-state index >= 15 is 0 Å². The number of hydrogen-bond acceptors (Lipinski definition) is 2. The molecular formula is C22H26N4O. The lowest BCUT2D eigenvalue weighted by molar-refractivity contribution is 0.191. The molecule has 0 bridgehead atoms. The fourth-order valence-electron chi connectivity index (χ4n) is 3.71. The van der Waals surface area contributed by atoms with Crippen molar-refractivity contribution in [1.82, 2.24) is 14.9 Å². The van der Waals surface area contributed by atoms with E-state index in [1.165, 1.54) is 16.7 Å². The molecule has 5 nitrogen and oxygen atoms in total. The van der Waals surface area contributed by atoms with Crippen molar-refractivity contribution in [3.8, 4) is 0 Å². The minimum absolute atomic E-state index is 0.0358. The Balaban J connectivity index is 1.49.